The van der Waals surface area contributed by atoms with E-state index in [2.05, 4.69) is 24.5 Å². The first kappa shape index (κ1) is 18.5. The van der Waals surface area contributed by atoms with Gasteiger partial charge in [-0.1, -0.05) is 13.8 Å². The molecule has 7 heteroatoms. The third-order valence-electron chi connectivity index (χ3n) is 6.36. The van der Waals surface area contributed by atoms with Crippen LogP contribution < -0.4 is 10.6 Å². The molecule has 2 amide bonds. The number of nitrogens with one attached hydrogen (secondary N) is 2. The molecule has 27 heavy (non-hydrogen) atoms. The summed E-state index contributed by atoms with van der Waals surface area (Å²) in [5, 5.41) is 5.74. The van der Waals surface area contributed by atoms with Gasteiger partial charge in [-0.3, -0.25) is 19.8 Å². The lowest BCUT2D eigenvalue weighted by atomic mass is 9.74. The summed E-state index contributed by atoms with van der Waals surface area (Å²) < 4.78 is 29.0. The maximum atomic E-state index is 14.6. The van der Waals surface area contributed by atoms with E-state index in [1.54, 1.807) is 0 Å². The highest BCUT2D eigenvalue weighted by Crippen LogP contribution is 2.41. The molecule has 0 aliphatic carbocycles. The number of hydrogen-bond donors (Lipinski definition) is 2. The lowest BCUT2D eigenvalue weighted by Crippen LogP contribution is -2.50. The average Bonchev–Trinajstić information content (AvgIpc) is 3.04. The van der Waals surface area contributed by atoms with E-state index >= 15 is 0 Å². The quantitative estimate of drug-likeness (QED) is 0.775. The Bertz CT molecular complexity index is 788. The number of carbonyl (C=O) groups excluding carboxylic acids is 2. The Kier molecular flexibility index (Phi) is 4.76. The number of amides is 2. The van der Waals surface area contributed by atoms with E-state index in [1.807, 2.05) is 4.90 Å². The third-order valence-corrected chi connectivity index (χ3v) is 6.36. The van der Waals surface area contributed by atoms with E-state index < -0.39 is 17.7 Å². The minimum absolute atomic E-state index is 0.150. The summed E-state index contributed by atoms with van der Waals surface area (Å²) in [6.07, 6.45) is 0.688. The maximum Gasteiger partial charge on any atom is 0.243 e. The van der Waals surface area contributed by atoms with Crippen LogP contribution in [0.3, 0.4) is 0 Å². The van der Waals surface area contributed by atoms with Gasteiger partial charge < -0.3 is 5.32 Å². The SMILES string of the molecule is CC1CNCC(C)C1c1cc(F)c(F)c2c1CN(C1CCC(=O)NC1=O)C2. The van der Waals surface area contributed by atoms with E-state index in [-0.39, 0.29) is 30.7 Å². The number of fused-ring (bicyclic) bond motifs is 1. The number of nitrogens with zero attached hydrogens (tertiary/aromatic N) is 1. The molecule has 0 spiro atoms. The lowest BCUT2D eigenvalue weighted by molar-refractivity contribution is -0.137. The lowest BCUT2D eigenvalue weighted by Gasteiger charge is -2.37. The van der Waals surface area contributed by atoms with Gasteiger partial charge in [-0.05, 0) is 54.5 Å². The Hall–Kier alpha value is -1.86. The largest absolute Gasteiger partial charge is 0.316 e. The zero-order valence-corrected chi connectivity index (χ0v) is 15.6. The summed E-state index contributed by atoms with van der Waals surface area (Å²) in [5.41, 5.74) is 2.07. The topological polar surface area (TPSA) is 61.4 Å². The fourth-order valence-electron chi connectivity index (χ4n) is 5.07. The van der Waals surface area contributed by atoms with Crippen LogP contribution in [0.2, 0.25) is 0 Å². The molecule has 1 aromatic carbocycles. The van der Waals surface area contributed by atoms with Crippen molar-refractivity contribution in [3.8, 4) is 0 Å². The number of benzene rings is 1. The van der Waals surface area contributed by atoms with Crippen LogP contribution in [0, 0.1) is 23.5 Å². The van der Waals surface area contributed by atoms with Crippen molar-refractivity contribution >= 4 is 11.8 Å². The zero-order valence-electron chi connectivity index (χ0n) is 15.6. The molecule has 4 rings (SSSR count). The van der Waals surface area contributed by atoms with Crippen molar-refractivity contribution in [3.63, 3.8) is 0 Å². The van der Waals surface area contributed by atoms with Crippen LogP contribution in [-0.4, -0.2) is 35.8 Å². The highest BCUT2D eigenvalue weighted by atomic mass is 19.2. The Morgan fingerprint density at radius 1 is 1.07 bits per heavy atom. The summed E-state index contributed by atoms with van der Waals surface area (Å²) in [4.78, 5) is 25.5. The molecule has 3 atom stereocenters. The Labute approximate surface area is 157 Å². The van der Waals surface area contributed by atoms with Gasteiger partial charge in [-0.15, -0.1) is 0 Å². The van der Waals surface area contributed by atoms with Crippen LogP contribution in [0.1, 0.15) is 49.3 Å². The van der Waals surface area contributed by atoms with Gasteiger partial charge in [0.1, 0.15) is 0 Å². The van der Waals surface area contributed by atoms with Crippen LogP contribution in [0.25, 0.3) is 0 Å². The summed E-state index contributed by atoms with van der Waals surface area (Å²) in [5.74, 6) is -1.46. The van der Waals surface area contributed by atoms with Gasteiger partial charge >= 0.3 is 0 Å². The second-order valence-corrected chi connectivity index (χ2v) is 8.23. The van der Waals surface area contributed by atoms with Crippen molar-refractivity contribution in [1.29, 1.82) is 0 Å². The summed E-state index contributed by atoms with van der Waals surface area (Å²) in [6, 6.07) is 0.888. The van der Waals surface area contributed by atoms with Crippen molar-refractivity contribution < 1.29 is 18.4 Å². The number of halogens is 2. The molecule has 3 aliphatic heterocycles. The number of imide groups is 1. The van der Waals surface area contributed by atoms with E-state index in [9.17, 15) is 18.4 Å². The van der Waals surface area contributed by atoms with Gasteiger partial charge in [0.2, 0.25) is 11.8 Å². The highest BCUT2D eigenvalue weighted by molar-refractivity contribution is 6.00. The Morgan fingerprint density at radius 3 is 2.41 bits per heavy atom. The second kappa shape index (κ2) is 6.95. The number of carbonyl (C=O) groups is 2. The molecular formula is C20H25F2N3O2. The van der Waals surface area contributed by atoms with Gasteiger partial charge in [0.05, 0.1) is 6.04 Å². The summed E-state index contributed by atoms with van der Waals surface area (Å²) in [7, 11) is 0. The normalized spacial score (nSPS) is 31.7. The first-order valence-electron chi connectivity index (χ1n) is 9.65. The van der Waals surface area contributed by atoms with E-state index in [1.165, 1.54) is 6.07 Å². The molecule has 1 aromatic rings. The van der Waals surface area contributed by atoms with Crippen LogP contribution in [0.4, 0.5) is 8.78 Å². The van der Waals surface area contributed by atoms with Crippen LogP contribution in [-0.2, 0) is 22.7 Å². The Balaban J connectivity index is 1.69. The van der Waals surface area contributed by atoms with E-state index in [0.717, 1.165) is 24.2 Å². The molecule has 3 heterocycles. The summed E-state index contributed by atoms with van der Waals surface area (Å²) in [6.45, 7) is 6.57. The number of rotatable bonds is 2. The number of hydrogen-bond acceptors (Lipinski definition) is 4. The van der Waals surface area contributed by atoms with Crippen molar-refractivity contribution in [2.24, 2.45) is 11.8 Å². The van der Waals surface area contributed by atoms with Gasteiger partial charge in [-0.2, -0.15) is 0 Å². The third kappa shape index (κ3) is 3.17. The Morgan fingerprint density at radius 2 is 1.74 bits per heavy atom. The van der Waals surface area contributed by atoms with Crippen molar-refractivity contribution in [3.05, 3.63) is 34.4 Å². The molecule has 2 saturated heterocycles. The standard InChI is InChI=1S/C20H25F2N3O2/c1-10-6-23-7-11(2)18(10)12-5-15(21)19(22)14-9-25(8-13(12)14)16-3-4-17(26)24-20(16)27/h5,10-11,16,18,23H,3-4,6-9H2,1-2H3,(H,24,26,27). The molecular weight excluding hydrogens is 352 g/mol. The predicted molar refractivity (Wildman–Crippen MR) is 95.7 cm³/mol. The van der Waals surface area contributed by atoms with Gasteiger partial charge in [0.25, 0.3) is 0 Å². The molecule has 146 valence electrons. The van der Waals surface area contributed by atoms with E-state index in [4.69, 9.17) is 0 Å². The molecule has 2 N–H and O–H groups in total. The molecule has 0 aromatic heterocycles. The predicted octanol–water partition coefficient (Wildman–Crippen LogP) is 2.04. The van der Waals surface area contributed by atoms with Crippen molar-refractivity contribution in [1.82, 2.24) is 15.5 Å². The molecule has 3 unspecified atom stereocenters. The van der Waals surface area contributed by atoms with Crippen LogP contribution >= 0.6 is 0 Å². The minimum atomic E-state index is -0.813. The molecule has 0 bridgehead atoms. The second-order valence-electron chi connectivity index (χ2n) is 8.23. The van der Waals surface area contributed by atoms with Crippen LogP contribution in [0.5, 0.6) is 0 Å². The van der Waals surface area contributed by atoms with Crippen molar-refractivity contribution in [2.75, 3.05) is 13.1 Å². The molecule has 3 aliphatic rings. The molecule has 5 nitrogen and oxygen atoms in total. The molecule has 0 saturated carbocycles. The van der Waals surface area contributed by atoms with Crippen molar-refractivity contribution in [2.45, 2.75) is 51.7 Å². The van der Waals surface area contributed by atoms with Gasteiger partial charge in [-0.25, -0.2) is 8.78 Å². The fourth-order valence-corrected chi connectivity index (χ4v) is 5.07. The fraction of sp³-hybridized carbons (Fsp3) is 0.600. The van der Waals surface area contributed by atoms with Gasteiger partial charge in [0.15, 0.2) is 11.6 Å². The zero-order chi connectivity index (χ0) is 19.3. The smallest absolute Gasteiger partial charge is 0.243 e. The molecule has 0 radical (unpaired) electrons. The van der Waals surface area contributed by atoms with E-state index in [0.29, 0.717) is 30.4 Å². The maximum absolute atomic E-state index is 14.6. The first-order valence-corrected chi connectivity index (χ1v) is 9.65. The summed E-state index contributed by atoms with van der Waals surface area (Å²) >= 11 is 0. The van der Waals surface area contributed by atoms with Gasteiger partial charge in [0, 0.05) is 25.1 Å². The first-order chi connectivity index (χ1) is 12.9. The average molecular weight is 377 g/mol. The number of piperidine rings is 2. The monoisotopic (exact) mass is 377 g/mol. The highest BCUT2D eigenvalue weighted by Gasteiger charge is 2.40. The minimum Gasteiger partial charge on any atom is -0.316 e. The van der Waals surface area contributed by atoms with Crippen LogP contribution in [0.15, 0.2) is 6.07 Å². The molecule has 2 fully saturated rings.